The van der Waals surface area contributed by atoms with E-state index >= 15 is 0 Å². The largest absolute Gasteiger partial charge is 0.352 e. The molecule has 1 atom stereocenters. The molecule has 0 aromatic heterocycles. The van der Waals surface area contributed by atoms with E-state index in [0.717, 1.165) is 54.1 Å². The Balaban J connectivity index is 1.69. The monoisotopic (exact) mass is 597 g/mol. The third-order valence-electron chi connectivity index (χ3n) is 7.61. The number of benzene rings is 3. The number of carbonyl (C=O) groups excluding carboxylic acids is 2. The van der Waals surface area contributed by atoms with Gasteiger partial charge in [-0.05, 0) is 80.3 Å². The molecule has 7 nitrogen and oxygen atoms in total. The Hall–Kier alpha value is -3.79. The van der Waals surface area contributed by atoms with Crippen molar-refractivity contribution in [2.45, 2.75) is 75.9 Å². The SMILES string of the molecule is CC[C@@H](C(=O)NC1CCCCC1)N(Cc1ccc(F)cc1)C(=O)CN(c1ccc(F)cc1)S(=O)(=O)c1ccc(C)cc1. The van der Waals surface area contributed by atoms with Crippen LogP contribution in [0.1, 0.15) is 56.6 Å². The lowest BCUT2D eigenvalue weighted by molar-refractivity contribution is -0.140. The van der Waals surface area contributed by atoms with Crippen LogP contribution in [0.25, 0.3) is 0 Å². The van der Waals surface area contributed by atoms with Crippen molar-refractivity contribution >= 4 is 27.5 Å². The number of amides is 2. The summed E-state index contributed by atoms with van der Waals surface area (Å²) in [5.74, 6) is -1.92. The van der Waals surface area contributed by atoms with Crippen LogP contribution in [0.2, 0.25) is 0 Å². The highest BCUT2D eigenvalue weighted by Gasteiger charge is 2.34. The summed E-state index contributed by atoms with van der Waals surface area (Å²) in [6.07, 6.45) is 5.16. The Kier molecular flexibility index (Phi) is 10.3. The smallest absolute Gasteiger partial charge is 0.264 e. The molecule has 3 aromatic carbocycles. The summed E-state index contributed by atoms with van der Waals surface area (Å²) in [5, 5.41) is 3.09. The third-order valence-corrected chi connectivity index (χ3v) is 9.39. The van der Waals surface area contributed by atoms with Crippen LogP contribution in [-0.4, -0.2) is 43.8 Å². The third kappa shape index (κ3) is 7.73. The van der Waals surface area contributed by atoms with Crippen molar-refractivity contribution in [2.24, 2.45) is 0 Å². The Morgan fingerprint density at radius 1 is 0.881 bits per heavy atom. The summed E-state index contributed by atoms with van der Waals surface area (Å²) in [6.45, 7) is 2.96. The minimum absolute atomic E-state index is 0.0145. The molecular formula is C32H37F2N3O4S. The minimum Gasteiger partial charge on any atom is -0.352 e. The maximum Gasteiger partial charge on any atom is 0.264 e. The lowest BCUT2D eigenvalue weighted by atomic mass is 9.95. The number of hydrogen-bond donors (Lipinski definition) is 1. The zero-order chi connectivity index (χ0) is 30.3. The van der Waals surface area contributed by atoms with Crippen molar-refractivity contribution in [3.05, 3.63) is 95.6 Å². The van der Waals surface area contributed by atoms with Gasteiger partial charge in [-0.1, -0.05) is 56.0 Å². The van der Waals surface area contributed by atoms with Crippen LogP contribution < -0.4 is 9.62 Å². The van der Waals surface area contributed by atoms with Crippen molar-refractivity contribution in [2.75, 3.05) is 10.8 Å². The summed E-state index contributed by atoms with van der Waals surface area (Å²) < 4.78 is 56.1. The summed E-state index contributed by atoms with van der Waals surface area (Å²) in [6, 6.07) is 15.8. The van der Waals surface area contributed by atoms with Crippen molar-refractivity contribution < 1.29 is 26.8 Å². The van der Waals surface area contributed by atoms with Crippen LogP contribution >= 0.6 is 0 Å². The summed E-state index contributed by atoms with van der Waals surface area (Å²) in [7, 11) is -4.25. The van der Waals surface area contributed by atoms with Crippen molar-refractivity contribution in [1.82, 2.24) is 10.2 Å². The molecule has 1 aliphatic rings. The number of anilines is 1. The highest BCUT2D eigenvalue weighted by molar-refractivity contribution is 7.92. The van der Waals surface area contributed by atoms with E-state index in [1.54, 1.807) is 19.1 Å². The first-order valence-corrected chi connectivity index (χ1v) is 15.7. The summed E-state index contributed by atoms with van der Waals surface area (Å²) >= 11 is 0. The lowest BCUT2D eigenvalue weighted by Gasteiger charge is -2.34. The number of halogens is 2. The fourth-order valence-electron chi connectivity index (χ4n) is 5.22. The van der Waals surface area contributed by atoms with Gasteiger partial charge in [0.1, 0.15) is 24.2 Å². The molecule has 0 bridgehead atoms. The molecule has 0 spiro atoms. The highest BCUT2D eigenvalue weighted by atomic mass is 32.2. The molecule has 0 heterocycles. The number of carbonyl (C=O) groups is 2. The van der Waals surface area contributed by atoms with Crippen molar-refractivity contribution in [3.63, 3.8) is 0 Å². The molecular weight excluding hydrogens is 560 g/mol. The van der Waals surface area contributed by atoms with Gasteiger partial charge in [0, 0.05) is 12.6 Å². The standard InChI is InChI=1S/C32H37F2N3O4S/c1-3-30(32(39)35-27-7-5-4-6-8-27)36(21-24-11-13-25(33)14-12-24)31(38)22-37(28-17-15-26(34)16-18-28)42(40,41)29-19-9-23(2)10-20-29/h9-20,27,30H,3-8,21-22H2,1-2H3,(H,35,39)/t30-/m0/s1. The number of aryl methyl sites for hydroxylation is 1. The predicted octanol–water partition coefficient (Wildman–Crippen LogP) is 5.72. The molecule has 1 aliphatic carbocycles. The Morgan fingerprint density at radius 3 is 2.02 bits per heavy atom. The molecule has 0 aliphatic heterocycles. The first-order valence-electron chi connectivity index (χ1n) is 14.3. The number of sulfonamides is 1. The lowest BCUT2D eigenvalue weighted by Crippen LogP contribution is -2.54. The van der Waals surface area contributed by atoms with Crippen LogP contribution in [0.4, 0.5) is 14.5 Å². The second-order valence-electron chi connectivity index (χ2n) is 10.7. The molecule has 10 heteroatoms. The maximum atomic E-state index is 14.1. The molecule has 3 aromatic rings. The fraction of sp³-hybridized carbons (Fsp3) is 0.375. The van der Waals surface area contributed by atoms with Gasteiger partial charge in [0.2, 0.25) is 11.8 Å². The van der Waals surface area contributed by atoms with Crippen molar-refractivity contribution in [3.8, 4) is 0 Å². The number of rotatable bonds is 11. The Bertz CT molecular complexity index is 1460. The second kappa shape index (κ2) is 13.9. The minimum atomic E-state index is -4.25. The normalized spacial score (nSPS) is 14.7. The van der Waals surface area contributed by atoms with Crippen LogP contribution in [0.3, 0.4) is 0 Å². The molecule has 0 saturated heterocycles. The summed E-state index contributed by atoms with van der Waals surface area (Å²) in [5.41, 5.74) is 1.55. The average Bonchev–Trinajstić information content (AvgIpc) is 2.98. The van der Waals surface area contributed by atoms with Gasteiger partial charge < -0.3 is 10.2 Å². The Morgan fingerprint density at radius 2 is 1.45 bits per heavy atom. The van der Waals surface area contributed by atoms with E-state index < -0.39 is 40.2 Å². The van der Waals surface area contributed by atoms with Crippen LogP contribution in [0.15, 0.2) is 77.7 Å². The topological polar surface area (TPSA) is 86.8 Å². The van der Waals surface area contributed by atoms with Gasteiger partial charge in [0.25, 0.3) is 10.0 Å². The van der Waals surface area contributed by atoms with Gasteiger partial charge in [0.05, 0.1) is 10.6 Å². The first-order chi connectivity index (χ1) is 20.1. The number of hydrogen-bond acceptors (Lipinski definition) is 4. The zero-order valence-corrected chi connectivity index (χ0v) is 24.7. The molecule has 0 unspecified atom stereocenters. The second-order valence-corrected chi connectivity index (χ2v) is 12.6. The number of nitrogens with one attached hydrogen (secondary N) is 1. The quantitative estimate of drug-likeness (QED) is 0.306. The van der Waals surface area contributed by atoms with Gasteiger partial charge in [-0.3, -0.25) is 13.9 Å². The predicted molar refractivity (Wildman–Crippen MR) is 158 cm³/mol. The number of nitrogens with zero attached hydrogens (tertiary/aromatic N) is 2. The van der Waals surface area contributed by atoms with E-state index in [4.69, 9.17) is 0 Å². The van der Waals surface area contributed by atoms with E-state index in [2.05, 4.69) is 5.32 Å². The summed E-state index contributed by atoms with van der Waals surface area (Å²) in [4.78, 5) is 28.9. The molecule has 4 rings (SSSR count). The highest BCUT2D eigenvalue weighted by Crippen LogP contribution is 2.26. The fourth-order valence-corrected chi connectivity index (χ4v) is 6.64. The van der Waals surface area contributed by atoms with Crippen LogP contribution in [0, 0.1) is 18.6 Å². The van der Waals surface area contributed by atoms with Crippen molar-refractivity contribution in [1.29, 1.82) is 0 Å². The molecule has 2 amide bonds. The molecule has 0 radical (unpaired) electrons. The van der Waals surface area contributed by atoms with E-state index in [1.807, 2.05) is 6.92 Å². The van der Waals surface area contributed by atoms with E-state index in [-0.39, 0.29) is 35.5 Å². The van der Waals surface area contributed by atoms with Gasteiger partial charge in [-0.15, -0.1) is 0 Å². The average molecular weight is 598 g/mol. The Labute approximate surface area is 246 Å². The van der Waals surface area contributed by atoms with E-state index in [1.165, 1.54) is 53.4 Å². The van der Waals surface area contributed by atoms with Gasteiger partial charge in [-0.25, -0.2) is 17.2 Å². The molecule has 1 saturated carbocycles. The molecule has 1 fully saturated rings. The first kappa shape index (κ1) is 31.2. The zero-order valence-electron chi connectivity index (χ0n) is 23.9. The van der Waals surface area contributed by atoms with Gasteiger partial charge in [0.15, 0.2) is 0 Å². The van der Waals surface area contributed by atoms with Gasteiger partial charge in [-0.2, -0.15) is 0 Å². The van der Waals surface area contributed by atoms with E-state index in [9.17, 15) is 26.8 Å². The molecule has 1 N–H and O–H groups in total. The molecule has 224 valence electrons. The van der Waals surface area contributed by atoms with Crippen LogP contribution in [0.5, 0.6) is 0 Å². The van der Waals surface area contributed by atoms with Crippen LogP contribution in [-0.2, 0) is 26.2 Å². The molecule has 42 heavy (non-hydrogen) atoms. The van der Waals surface area contributed by atoms with Gasteiger partial charge >= 0.3 is 0 Å². The maximum absolute atomic E-state index is 14.1. The van der Waals surface area contributed by atoms with E-state index in [0.29, 0.717) is 5.56 Å².